The molecule has 0 saturated carbocycles. The second-order valence-corrected chi connectivity index (χ2v) is 6.75. The van der Waals surface area contributed by atoms with Crippen LogP contribution in [0.2, 0.25) is 0 Å². The number of nitrogens with zero attached hydrogens (tertiary/aromatic N) is 2. The Morgan fingerprint density at radius 2 is 2.15 bits per heavy atom. The van der Waals surface area contributed by atoms with Crippen LogP contribution in [0.3, 0.4) is 0 Å². The minimum absolute atomic E-state index is 0.0271. The molecule has 0 unspecified atom stereocenters. The van der Waals surface area contributed by atoms with Gasteiger partial charge in [0.15, 0.2) is 0 Å². The lowest BCUT2D eigenvalue weighted by molar-refractivity contribution is 0.0680. The minimum atomic E-state index is 0.0271. The number of piperidine rings is 1. The molecule has 0 aliphatic carbocycles. The number of amides is 1. The predicted octanol–water partition coefficient (Wildman–Crippen LogP) is 2.84. The van der Waals surface area contributed by atoms with Gasteiger partial charge < -0.3 is 15.0 Å². The van der Waals surface area contributed by atoms with Gasteiger partial charge in [-0.05, 0) is 54.6 Å². The molecular weight excluding hydrogens is 326 g/mol. The summed E-state index contributed by atoms with van der Waals surface area (Å²) in [7, 11) is 1.65. The number of rotatable bonds is 7. The molecular formula is C21H27N3O2. The van der Waals surface area contributed by atoms with E-state index in [-0.39, 0.29) is 5.91 Å². The standard InChI is InChI=1S/C21H27N3O2/c1-26-13-12-24(16-17-4-2-10-22-14-17)21(25)19-8-6-18(7-9-19)20-5-3-11-23-15-20/h2,4,6-10,14,20,23H,3,5,11-13,15-16H2,1H3/t20-/m1/s1. The van der Waals surface area contributed by atoms with Crippen LogP contribution in [0.4, 0.5) is 0 Å². The largest absolute Gasteiger partial charge is 0.383 e. The van der Waals surface area contributed by atoms with Gasteiger partial charge in [-0.15, -0.1) is 0 Å². The Morgan fingerprint density at radius 3 is 2.81 bits per heavy atom. The number of carbonyl (C=O) groups excluding carboxylic acids is 1. The zero-order chi connectivity index (χ0) is 18.2. The maximum Gasteiger partial charge on any atom is 0.254 e. The molecule has 1 aliphatic rings. The van der Waals surface area contributed by atoms with Crippen molar-refractivity contribution in [3.8, 4) is 0 Å². The number of ether oxygens (including phenoxy) is 1. The van der Waals surface area contributed by atoms with E-state index in [2.05, 4.69) is 22.4 Å². The van der Waals surface area contributed by atoms with Crippen LogP contribution in [0.15, 0.2) is 48.8 Å². The first-order chi connectivity index (χ1) is 12.8. The molecule has 0 radical (unpaired) electrons. The van der Waals surface area contributed by atoms with Crippen LogP contribution in [0.5, 0.6) is 0 Å². The molecule has 1 amide bonds. The average molecular weight is 353 g/mol. The lowest BCUT2D eigenvalue weighted by atomic mass is 9.91. The molecule has 5 nitrogen and oxygen atoms in total. The summed E-state index contributed by atoms with van der Waals surface area (Å²) in [5, 5.41) is 3.44. The van der Waals surface area contributed by atoms with Crippen LogP contribution in [0.25, 0.3) is 0 Å². The third-order valence-corrected chi connectivity index (χ3v) is 4.87. The van der Waals surface area contributed by atoms with Crippen molar-refractivity contribution in [3.05, 3.63) is 65.5 Å². The quantitative estimate of drug-likeness (QED) is 0.832. The fraction of sp³-hybridized carbons (Fsp3) is 0.429. The van der Waals surface area contributed by atoms with Crippen molar-refractivity contribution >= 4 is 5.91 Å². The molecule has 0 spiro atoms. The smallest absolute Gasteiger partial charge is 0.254 e. The van der Waals surface area contributed by atoms with Gasteiger partial charge in [0, 0.05) is 44.7 Å². The van der Waals surface area contributed by atoms with Crippen molar-refractivity contribution in [1.29, 1.82) is 0 Å². The van der Waals surface area contributed by atoms with Crippen molar-refractivity contribution in [2.75, 3.05) is 33.4 Å². The molecule has 1 aromatic carbocycles. The highest BCUT2D eigenvalue weighted by atomic mass is 16.5. The van der Waals surface area contributed by atoms with Gasteiger partial charge in [0.25, 0.3) is 5.91 Å². The maximum absolute atomic E-state index is 13.0. The van der Waals surface area contributed by atoms with E-state index in [1.54, 1.807) is 19.5 Å². The zero-order valence-electron chi connectivity index (χ0n) is 15.4. The van der Waals surface area contributed by atoms with Crippen LogP contribution in [0.1, 0.15) is 40.2 Å². The Hall–Kier alpha value is -2.24. The van der Waals surface area contributed by atoms with Crippen molar-refractivity contribution in [3.63, 3.8) is 0 Å². The van der Waals surface area contributed by atoms with Gasteiger partial charge in [-0.25, -0.2) is 0 Å². The summed E-state index contributed by atoms with van der Waals surface area (Å²) in [6.07, 6.45) is 5.96. The minimum Gasteiger partial charge on any atom is -0.383 e. The van der Waals surface area contributed by atoms with Crippen LogP contribution in [0, 0.1) is 0 Å². The first kappa shape index (κ1) is 18.5. The van der Waals surface area contributed by atoms with Crippen LogP contribution in [-0.4, -0.2) is 49.1 Å². The van der Waals surface area contributed by atoms with Crippen LogP contribution in [-0.2, 0) is 11.3 Å². The van der Waals surface area contributed by atoms with E-state index < -0.39 is 0 Å². The summed E-state index contributed by atoms with van der Waals surface area (Å²) in [4.78, 5) is 18.9. The van der Waals surface area contributed by atoms with E-state index in [9.17, 15) is 4.79 Å². The lowest BCUT2D eigenvalue weighted by Gasteiger charge is -2.24. The SMILES string of the molecule is COCCN(Cc1cccnc1)C(=O)c1ccc([C@@H]2CCCNC2)cc1. The Morgan fingerprint density at radius 1 is 1.31 bits per heavy atom. The monoisotopic (exact) mass is 353 g/mol. The first-order valence-corrected chi connectivity index (χ1v) is 9.25. The molecule has 2 heterocycles. The molecule has 1 fully saturated rings. The maximum atomic E-state index is 13.0. The summed E-state index contributed by atoms with van der Waals surface area (Å²) < 4.78 is 5.18. The summed E-state index contributed by atoms with van der Waals surface area (Å²) in [6, 6.07) is 12.0. The molecule has 1 atom stereocenters. The van der Waals surface area contributed by atoms with Crippen LogP contribution < -0.4 is 5.32 Å². The number of hydrogen-bond donors (Lipinski definition) is 1. The van der Waals surface area contributed by atoms with Gasteiger partial charge >= 0.3 is 0 Å². The Labute approximate surface area is 155 Å². The Bertz CT molecular complexity index is 682. The zero-order valence-corrected chi connectivity index (χ0v) is 15.4. The highest BCUT2D eigenvalue weighted by Crippen LogP contribution is 2.23. The fourth-order valence-electron chi connectivity index (χ4n) is 3.38. The van der Waals surface area contributed by atoms with Gasteiger partial charge in [-0.3, -0.25) is 9.78 Å². The molecule has 5 heteroatoms. The number of nitrogens with one attached hydrogen (secondary N) is 1. The molecule has 3 rings (SSSR count). The van der Waals surface area contributed by atoms with Crippen molar-refractivity contribution in [2.24, 2.45) is 0 Å². The highest BCUT2D eigenvalue weighted by molar-refractivity contribution is 5.94. The third kappa shape index (κ3) is 4.90. The van der Waals surface area contributed by atoms with Gasteiger partial charge in [0.2, 0.25) is 0 Å². The third-order valence-electron chi connectivity index (χ3n) is 4.87. The molecule has 1 aromatic heterocycles. The van der Waals surface area contributed by atoms with Gasteiger partial charge in [-0.2, -0.15) is 0 Å². The summed E-state index contributed by atoms with van der Waals surface area (Å²) in [5.41, 5.74) is 3.05. The summed E-state index contributed by atoms with van der Waals surface area (Å²) >= 11 is 0. The second-order valence-electron chi connectivity index (χ2n) is 6.75. The number of benzene rings is 1. The normalized spacial score (nSPS) is 17.0. The van der Waals surface area contributed by atoms with E-state index in [4.69, 9.17) is 4.74 Å². The molecule has 138 valence electrons. The number of carbonyl (C=O) groups is 1. The van der Waals surface area contributed by atoms with E-state index in [1.807, 2.05) is 29.2 Å². The fourth-order valence-corrected chi connectivity index (χ4v) is 3.38. The number of aromatic nitrogens is 1. The van der Waals surface area contributed by atoms with E-state index in [0.717, 1.165) is 24.2 Å². The number of methoxy groups -OCH3 is 1. The average Bonchev–Trinajstić information content (AvgIpc) is 2.72. The molecule has 1 aliphatic heterocycles. The second kappa shape index (κ2) is 9.46. The summed E-state index contributed by atoms with van der Waals surface area (Å²) in [6.45, 7) is 3.73. The number of hydrogen-bond acceptors (Lipinski definition) is 4. The highest BCUT2D eigenvalue weighted by Gasteiger charge is 2.18. The van der Waals surface area contributed by atoms with E-state index in [0.29, 0.717) is 25.6 Å². The predicted molar refractivity (Wildman–Crippen MR) is 102 cm³/mol. The van der Waals surface area contributed by atoms with Crippen LogP contribution >= 0.6 is 0 Å². The molecule has 1 saturated heterocycles. The molecule has 1 N–H and O–H groups in total. The van der Waals surface area contributed by atoms with Gasteiger partial charge in [-0.1, -0.05) is 18.2 Å². The van der Waals surface area contributed by atoms with E-state index in [1.165, 1.54) is 18.4 Å². The topological polar surface area (TPSA) is 54.5 Å². The van der Waals surface area contributed by atoms with Crippen molar-refractivity contribution in [2.45, 2.75) is 25.3 Å². The van der Waals surface area contributed by atoms with E-state index >= 15 is 0 Å². The Kier molecular flexibility index (Phi) is 6.75. The van der Waals surface area contributed by atoms with Crippen molar-refractivity contribution < 1.29 is 9.53 Å². The van der Waals surface area contributed by atoms with Gasteiger partial charge in [0.05, 0.1) is 6.61 Å². The Balaban J connectivity index is 1.70. The summed E-state index contributed by atoms with van der Waals surface area (Å²) in [5.74, 6) is 0.576. The molecule has 26 heavy (non-hydrogen) atoms. The van der Waals surface area contributed by atoms with Crippen molar-refractivity contribution in [1.82, 2.24) is 15.2 Å². The van der Waals surface area contributed by atoms with Gasteiger partial charge in [0.1, 0.15) is 0 Å². The molecule has 2 aromatic rings. The molecule has 0 bridgehead atoms. The lowest BCUT2D eigenvalue weighted by Crippen LogP contribution is -2.33. The number of pyridine rings is 1. The first-order valence-electron chi connectivity index (χ1n) is 9.25.